The first-order valence-electron chi connectivity index (χ1n) is 10.3. The molecule has 1 saturated heterocycles. The second-order valence-electron chi connectivity index (χ2n) is 7.86. The second kappa shape index (κ2) is 9.56. The van der Waals surface area contributed by atoms with Crippen molar-refractivity contribution in [3.05, 3.63) is 77.5 Å². The largest absolute Gasteiger partial charge is 0.478 e. The van der Waals surface area contributed by atoms with Gasteiger partial charge >= 0.3 is 12.1 Å². The van der Waals surface area contributed by atoms with Gasteiger partial charge in [0.05, 0.1) is 11.1 Å². The molecule has 3 rings (SSSR count). The van der Waals surface area contributed by atoms with Crippen molar-refractivity contribution >= 4 is 17.4 Å². The molecule has 0 bridgehead atoms. The van der Waals surface area contributed by atoms with Crippen molar-refractivity contribution in [2.75, 3.05) is 31.1 Å². The summed E-state index contributed by atoms with van der Waals surface area (Å²) in [6.07, 6.45) is -1.51. The lowest BCUT2D eigenvalue weighted by atomic mass is 9.97. The number of carbonyl (C=O) groups is 1. The SMILES string of the molecule is C=C(/C(=C\C)CN1CCN(c2ccc(C(F)(F)F)cn2)[C@H](C)C1)c1ccc(C(=O)O)cc1. The van der Waals surface area contributed by atoms with Crippen molar-refractivity contribution in [1.29, 1.82) is 0 Å². The van der Waals surface area contributed by atoms with Gasteiger partial charge in [-0.25, -0.2) is 9.78 Å². The summed E-state index contributed by atoms with van der Waals surface area (Å²) in [6.45, 7) is 10.9. The molecule has 0 amide bonds. The number of aromatic nitrogens is 1. The minimum atomic E-state index is -4.39. The van der Waals surface area contributed by atoms with Crippen molar-refractivity contribution in [3.63, 3.8) is 0 Å². The Kier molecular flexibility index (Phi) is 7.03. The fourth-order valence-corrected chi connectivity index (χ4v) is 3.84. The molecule has 0 unspecified atom stereocenters. The van der Waals surface area contributed by atoms with Crippen LogP contribution in [0.4, 0.5) is 19.0 Å². The number of hydrogen-bond donors (Lipinski definition) is 1. The number of piperazine rings is 1. The summed E-state index contributed by atoms with van der Waals surface area (Å²) < 4.78 is 38.4. The zero-order valence-electron chi connectivity index (χ0n) is 18.1. The van der Waals surface area contributed by atoms with Crippen molar-refractivity contribution in [2.45, 2.75) is 26.1 Å². The number of nitrogens with zero attached hydrogens (tertiary/aromatic N) is 3. The quantitative estimate of drug-likeness (QED) is 0.637. The van der Waals surface area contributed by atoms with E-state index in [9.17, 15) is 18.0 Å². The monoisotopic (exact) mass is 445 g/mol. The first-order chi connectivity index (χ1) is 15.1. The Morgan fingerprint density at radius 2 is 1.84 bits per heavy atom. The van der Waals surface area contributed by atoms with Crippen LogP contribution in [0.5, 0.6) is 0 Å². The highest BCUT2D eigenvalue weighted by molar-refractivity contribution is 5.88. The molecule has 0 aliphatic carbocycles. The molecule has 0 spiro atoms. The van der Waals surface area contributed by atoms with Crippen molar-refractivity contribution in [3.8, 4) is 0 Å². The van der Waals surface area contributed by atoms with E-state index in [0.29, 0.717) is 18.9 Å². The molecule has 1 N–H and O–H groups in total. The van der Waals surface area contributed by atoms with Gasteiger partial charge in [0.2, 0.25) is 0 Å². The van der Waals surface area contributed by atoms with Gasteiger partial charge in [-0.15, -0.1) is 0 Å². The van der Waals surface area contributed by atoms with Gasteiger partial charge in [-0.2, -0.15) is 13.2 Å². The molecule has 1 aliphatic heterocycles. The number of benzene rings is 1. The van der Waals surface area contributed by atoms with Crippen LogP contribution in [0, 0.1) is 0 Å². The number of rotatable bonds is 6. The van der Waals surface area contributed by atoms with E-state index in [0.717, 1.165) is 42.1 Å². The highest BCUT2D eigenvalue weighted by Gasteiger charge is 2.31. The van der Waals surface area contributed by atoms with E-state index >= 15 is 0 Å². The second-order valence-corrected chi connectivity index (χ2v) is 7.86. The number of carboxylic acid groups (broad SMARTS) is 1. The standard InChI is InChI=1S/C24H26F3N3O2/c1-4-18(17(3)19-5-7-20(8-6-19)23(31)32)15-29-11-12-30(16(2)14-29)22-10-9-21(13-28-22)24(25,26)27/h4-10,13,16H,3,11-12,14-15H2,1-2H3,(H,31,32)/b18-4-/t16-/m1/s1. The van der Waals surface area contributed by atoms with Crippen LogP contribution in [0.1, 0.15) is 35.3 Å². The van der Waals surface area contributed by atoms with E-state index in [-0.39, 0.29) is 11.6 Å². The highest BCUT2D eigenvalue weighted by Crippen LogP contribution is 2.30. The topological polar surface area (TPSA) is 56.7 Å². The molecule has 8 heteroatoms. The molecule has 170 valence electrons. The number of aromatic carboxylic acids is 1. The summed E-state index contributed by atoms with van der Waals surface area (Å²) in [5.74, 6) is -0.429. The van der Waals surface area contributed by atoms with Crippen LogP contribution in [0.25, 0.3) is 5.57 Å². The van der Waals surface area contributed by atoms with Gasteiger partial charge in [-0.3, -0.25) is 4.90 Å². The molecular formula is C24H26F3N3O2. The van der Waals surface area contributed by atoms with Crippen LogP contribution in [-0.2, 0) is 6.18 Å². The maximum absolute atomic E-state index is 12.8. The van der Waals surface area contributed by atoms with E-state index in [1.165, 1.54) is 6.07 Å². The van der Waals surface area contributed by atoms with E-state index in [1.54, 1.807) is 24.3 Å². The Labute approximate surface area is 185 Å². The summed E-state index contributed by atoms with van der Waals surface area (Å²) in [6, 6.07) is 9.21. The average Bonchev–Trinajstić information content (AvgIpc) is 2.76. The fraction of sp³-hybridized carbons (Fsp3) is 0.333. The first-order valence-corrected chi connectivity index (χ1v) is 10.3. The van der Waals surface area contributed by atoms with Crippen molar-refractivity contribution in [1.82, 2.24) is 9.88 Å². The molecule has 0 radical (unpaired) electrons. The number of alkyl halides is 3. The number of pyridine rings is 1. The van der Waals surface area contributed by atoms with Crippen molar-refractivity contribution in [2.24, 2.45) is 0 Å². The van der Waals surface area contributed by atoms with Crippen LogP contribution in [0.3, 0.4) is 0 Å². The van der Waals surface area contributed by atoms with Gasteiger partial charge in [0.15, 0.2) is 0 Å². The molecular weight excluding hydrogens is 419 g/mol. The molecule has 1 aliphatic rings. The van der Waals surface area contributed by atoms with Gasteiger partial charge in [-0.1, -0.05) is 24.8 Å². The fourth-order valence-electron chi connectivity index (χ4n) is 3.84. The van der Waals surface area contributed by atoms with Gasteiger partial charge < -0.3 is 10.0 Å². The Hall–Kier alpha value is -3.13. The average molecular weight is 445 g/mol. The molecule has 0 saturated carbocycles. The Bertz CT molecular complexity index is 999. The summed E-state index contributed by atoms with van der Waals surface area (Å²) >= 11 is 0. The van der Waals surface area contributed by atoms with Gasteiger partial charge in [0, 0.05) is 38.4 Å². The van der Waals surface area contributed by atoms with Crippen LogP contribution in [0.2, 0.25) is 0 Å². The lowest BCUT2D eigenvalue weighted by Gasteiger charge is -2.41. The first kappa shape index (κ1) is 23.5. The van der Waals surface area contributed by atoms with Crippen LogP contribution < -0.4 is 4.90 Å². The third-order valence-corrected chi connectivity index (χ3v) is 5.69. The maximum atomic E-state index is 12.8. The third kappa shape index (κ3) is 5.37. The summed E-state index contributed by atoms with van der Waals surface area (Å²) in [4.78, 5) is 19.4. The molecule has 1 aromatic carbocycles. The number of anilines is 1. The van der Waals surface area contributed by atoms with E-state index in [4.69, 9.17) is 5.11 Å². The zero-order chi connectivity index (χ0) is 23.5. The van der Waals surface area contributed by atoms with Crippen LogP contribution in [-0.4, -0.2) is 53.2 Å². The number of halogens is 3. The number of allylic oxidation sites excluding steroid dienone is 1. The molecule has 1 atom stereocenters. The van der Waals surface area contributed by atoms with E-state index in [2.05, 4.69) is 16.5 Å². The lowest BCUT2D eigenvalue weighted by Crippen LogP contribution is -2.52. The summed E-state index contributed by atoms with van der Waals surface area (Å²) in [7, 11) is 0. The molecule has 2 aromatic rings. The minimum Gasteiger partial charge on any atom is -0.478 e. The molecule has 1 fully saturated rings. The van der Waals surface area contributed by atoms with E-state index < -0.39 is 17.7 Å². The molecule has 32 heavy (non-hydrogen) atoms. The number of carboxylic acids is 1. The maximum Gasteiger partial charge on any atom is 0.417 e. The molecule has 2 heterocycles. The van der Waals surface area contributed by atoms with Gasteiger partial charge in [0.25, 0.3) is 0 Å². The minimum absolute atomic E-state index is 0.0780. The number of hydrogen-bond acceptors (Lipinski definition) is 4. The predicted molar refractivity (Wildman–Crippen MR) is 119 cm³/mol. The smallest absolute Gasteiger partial charge is 0.417 e. The van der Waals surface area contributed by atoms with Gasteiger partial charge in [0.1, 0.15) is 5.82 Å². The Morgan fingerprint density at radius 3 is 2.34 bits per heavy atom. The van der Waals surface area contributed by atoms with Crippen LogP contribution >= 0.6 is 0 Å². The summed E-state index contributed by atoms with van der Waals surface area (Å²) in [5, 5.41) is 9.06. The molecule has 5 nitrogen and oxygen atoms in total. The summed E-state index contributed by atoms with van der Waals surface area (Å²) in [5.41, 5.74) is 2.22. The van der Waals surface area contributed by atoms with Gasteiger partial charge in [-0.05, 0) is 54.8 Å². The van der Waals surface area contributed by atoms with E-state index in [1.807, 2.05) is 24.8 Å². The van der Waals surface area contributed by atoms with Crippen LogP contribution in [0.15, 0.2) is 60.8 Å². The predicted octanol–water partition coefficient (Wildman–Crippen LogP) is 4.97. The van der Waals surface area contributed by atoms with Crippen molar-refractivity contribution < 1.29 is 23.1 Å². The Balaban J connectivity index is 1.63. The highest BCUT2D eigenvalue weighted by atomic mass is 19.4. The lowest BCUT2D eigenvalue weighted by molar-refractivity contribution is -0.137. The normalized spacial score (nSPS) is 18.0. The molecule has 1 aromatic heterocycles. The Morgan fingerprint density at radius 1 is 1.19 bits per heavy atom. The zero-order valence-corrected chi connectivity index (χ0v) is 18.1. The third-order valence-electron chi connectivity index (χ3n) is 5.69.